The van der Waals surface area contributed by atoms with Gasteiger partial charge in [0.2, 0.25) is 21.8 Å². The molecule has 0 aliphatic rings. The van der Waals surface area contributed by atoms with Crippen LogP contribution in [0.1, 0.15) is 37.8 Å². The summed E-state index contributed by atoms with van der Waals surface area (Å²) >= 11 is 12.4. The zero-order valence-electron chi connectivity index (χ0n) is 23.2. The lowest BCUT2D eigenvalue weighted by Gasteiger charge is -2.32. The van der Waals surface area contributed by atoms with Crippen molar-refractivity contribution in [1.29, 1.82) is 0 Å². The number of carbonyl (C=O) groups is 2. The van der Waals surface area contributed by atoms with Gasteiger partial charge in [-0.3, -0.25) is 13.9 Å². The SMILES string of the molecule is CC(C)NC(=O)C(Cc1ccccc1)N(Cc1ccccc1F)C(=O)CCCN(c1cc(Cl)ccc1Cl)S(C)(=O)=O. The van der Waals surface area contributed by atoms with Crippen LogP contribution in [0.3, 0.4) is 0 Å². The lowest BCUT2D eigenvalue weighted by molar-refractivity contribution is -0.141. The lowest BCUT2D eigenvalue weighted by atomic mass is 10.0. The van der Waals surface area contributed by atoms with Gasteiger partial charge in [-0.1, -0.05) is 71.7 Å². The highest BCUT2D eigenvalue weighted by Gasteiger charge is 2.31. The standard InChI is InChI=1S/C30H34Cl2FN3O4S/c1-21(2)34-30(38)28(18-22-10-5-4-6-11-22)35(20-23-12-7-8-13-26(23)33)29(37)14-9-17-36(41(3,39)40)27-19-24(31)15-16-25(27)32/h4-8,10-13,15-16,19,21,28H,9,14,17-18,20H2,1-3H3,(H,34,38). The van der Waals surface area contributed by atoms with E-state index in [1.165, 1.54) is 23.1 Å². The molecule has 2 amide bonds. The fourth-order valence-electron chi connectivity index (χ4n) is 4.40. The van der Waals surface area contributed by atoms with Gasteiger partial charge in [0.05, 0.1) is 17.0 Å². The number of anilines is 1. The topological polar surface area (TPSA) is 86.8 Å². The first-order valence-electron chi connectivity index (χ1n) is 13.2. The van der Waals surface area contributed by atoms with E-state index in [2.05, 4.69) is 5.32 Å². The Kier molecular flexibility index (Phi) is 11.6. The fraction of sp³-hybridized carbons (Fsp3) is 0.333. The molecule has 0 radical (unpaired) electrons. The molecule has 7 nitrogen and oxygen atoms in total. The van der Waals surface area contributed by atoms with E-state index >= 15 is 0 Å². The second-order valence-electron chi connectivity index (χ2n) is 10.0. The molecule has 0 aliphatic carbocycles. The molecule has 0 aromatic heterocycles. The molecule has 0 aliphatic heterocycles. The van der Waals surface area contributed by atoms with Crippen molar-refractivity contribution in [3.8, 4) is 0 Å². The third kappa shape index (κ3) is 9.45. The molecule has 1 N–H and O–H groups in total. The summed E-state index contributed by atoms with van der Waals surface area (Å²) < 4.78 is 41.1. The molecule has 1 atom stereocenters. The van der Waals surface area contributed by atoms with Crippen LogP contribution in [0.25, 0.3) is 0 Å². The van der Waals surface area contributed by atoms with E-state index in [1.807, 2.05) is 44.2 Å². The van der Waals surface area contributed by atoms with E-state index < -0.39 is 27.8 Å². The second kappa shape index (κ2) is 14.7. The van der Waals surface area contributed by atoms with Crippen molar-refractivity contribution in [3.63, 3.8) is 0 Å². The van der Waals surface area contributed by atoms with Crippen LogP contribution in [0.15, 0.2) is 72.8 Å². The number of rotatable bonds is 13. The minimum absolute atomic E-state index is 0.0558. The Balaban J connectivity index is 1.91. The molecule has 3 rings (SSSR count). The normalized spacial score (nSPS) is 12.2. The number of halogens is 3. The third-order valence-electron chi connectivity index (χ3n) is 6.33. The van der Waals surface area contributed by atoms with Gasteiger partial charge in [0.15, 0.2) is 0 Å². The Morgan fingerprint density at radius 3 is 2.27 bits per heavy atom. The molecular formula is C30H34Cl2FN3O4S. The van der Waals surface area contributed by atoms with Crippen LogP contribution in [0.4, 0.5) is 10.1 Å². The molecule has 1 unspecified atom stereocenters. The first-order chi connectivity index (χ1) is 19.4. The molecular weight excluding hydrogens is 588 g/mol. The first kappa shape index (κ1) is 32.4. The van der Waals surface area contributed by atoms with Crippen LogP contribution in [-0.4, -0.2) is 50.0 Å². The van der Waals surface area contributed by atoms with Crippen molar-refractivity contribution in [2.24, 2.45) is 0 Å². The molecule has 0 fully saturated rings. The maximum absolute atomic E-state index is 14.7. The quantitative estimate of drug-likeness (QED) is 0.260. The molecule has 3 aromatic rings. The highest BCUT2D eigenvalue weighted by molar-refractivity contribution is 7.92. The molecule has 220 valence electrons. The minimum Gasteiger partial charge on any atom is -0.352 e. The molecule has 11 heteroatoms. The summed E-state index contributed by atoms with van der Waals surface area (Å²) in [5.41, 5.74) is 1.30. The summed E-state index contributed by atoms with van der Waals surface area (Å²) in [7, 11) is -3.76. The zero-order chi connectivity index (χ0) is 30.2. The maximum Gasteiger partial charge on any atom is 0.243 e. The Labute approximate surface area is 251 Å². The van der Waals surface area contributed by atoms with Gasteiger partial charge in [-0.05, 0) is 50.1 Å². The average molecular weight is 623 g/mol. The van der Waals surface area contributed by atoms with Gasteiger partial charge in [0.1, 0.15) is 11.9 Å². The van der Waals surface area contributed by atoms with Crippen LogP contribution < -0.4 is 9.62 Å². The fourth-order valence-corrected chi connectivity index (χ4v) is 5.81. The van der Waals surface area contributed by atoms with E-state index in [4.69, 9.17) is 23.2 Å². The van der Waals surface area contributed by atoms with Crippen LogP contribution in [-0.2, 0) is 32.6 Å². The Morgan fingerprint density at radius 2 is 1.63 bits per heavy atom. The van der Waals surface area contributed by atoms with Crippen LogP contribution in [0.5, 0.6) is 0 Å². The lowest BCUT2D eigenvalue weighted by Crippen LogP contribution is -2.52. The number of sulfonamides is 1. The van der Waals surface area contributed by atoms with Gasteiger partial charge in [0.25, 0.3) is 0 Å². The first-order valence-corrected chi connectivity index (χ1v) is 15.8. The monoisotopic (exact) mass is 621 g/mol. The summed E-state index contributed by atoms with van der Waals surface area (Å²) in [5.74, 6) is -1.28. The van der Waals surface area contributed by atoms with Gasteiger partial charge in [-0.25, -0.2) is 12.8 Å². The molecule has 0 saturated carbocycles. The number of nitrogens with one attached hydrogen (secondary N) is 1. The summed E-state index contributed by atoms with van der Waals surface area (Å²) in [6, 6.07) is 18.7. The van der Waals surface area contributed by atoms with E-state index in [-0.39, 0.29) is 60.6 Å². The van der Waals surface area contributed by atoms with Crippen molar-refractivity contribution in [2.75, 3.05) is 17.1 Å². The molecule has 0 heterocycles. The highest BCUT2D eigenvalue weighted by Crippen LogP contribution is 2.31. The largest absolute Gasteiger partial charge is 0.352 e. The predicted molar refractivity (Wildman–Crippen MR) is 162 cm³/mol. The number of benzene rings is 3. The van der Waals surface area contributed by atoms with Crippen LogP contribution in [0.2, 0.25) is 10.0 Å². The number of hydrogen-bond acceptors (Lipinski definition) is 4. The summed E-state index contributed by atoms with van der Waals surface area (Å²) in [4.78, 5) is 28.6. The Bertz CT molecular complexity index is 1460. The zero-order valence-corrected chi connectivity index (χ0v) is 25.5. The van der Waals surface area contributed by atoms with Gasteiger partial charge in [-0.2, -0.15) is 0 Å². The summed E-state index contributed by atoms with van der Waals surface area (Å²) in [5, 5.41) is 3.39. The van der Waals surface area contributed by atoms with Crippen LogP contribution >= 0.6 is 23.2 Å². The summed E-state index contributed by atoms with van der Waals surface area (Å²) in [6.45, 7) is 3.45. The van der Waals surface area contributed by atoms with Crippen molar-refractivity contribution < 1.29 is 22.4 Å². The second-order valence-corrected chi connectivity index (χ2v) is 12.8. The van der Waals surface area contributed by atoms with Crippen molar-refractivity contribution in [1.82, 2.24) is 10.2 Å². The van der Waals surface area contributed by atoms with Gasteiger partial charge < -0.3 is 10.2 Å². The smallest absolute Gasteiger partial charge is 0.243 e. The number of carbonyl (C=O) groups excluding carboxylic acids is 2. The molecule has 41 heavy (non-hydrogen) atoms. The van der Waals surface area contributed by atoms with Gasteiger partial charge >= 0.3 is 0 Å². The van der Waals surface area contributed by atoms with E-state index in [0.29, 0.717) is 5.02 Å². The van der Waals surface area contributed by atoms with Crippen molar-refractivity contribution in [2.45, 2.75) is 51.7 Å². The molecule has 0 spiro atoms. The number of hydrogen-bond donors (Lipinski definition) is 1. The average Bonchev–Trinajstić information content (AvgIpc) is 2.90. The Hall–Kier alpha value is -3.14. The summed E-state index contributed by atoms with van der Waals surface area (Å²) in [6.07, 6.45) is 1.28. The van der Waals surface area contributed by atoms with E-state index in [9.17, 15) is 22.4 Å². The van der Waals surface area contributed by atoms with E-state index in [0.717, 1.165) is 16.1 Å². The molecule has 0 bridgehead atoms. The van der Waals surface area contributed by atoms with Crippen molar-refractivity contribution in [3.05, 3.63) is 99.8 Å². The van der Waals surface area contributed by atoms with Crippen LogP contribution in [0, 0.1) is 5.82 Å². The molecule has 3 aromatic carbocycles. The third-order valence-corrected chi connectivity index (χ3v) is 8.06. The predicted octanol–water partition coefficient (Wildman–Crippen LogP) is 5.84. The van der Waals surface area contributed by atoms with E-state index in [1.54, 1.807) is 24.3 Å². The highest BCUT2D eigenvalue weighted by atomic mass is 35.5. The molecule has 0 saturated heterocycles. The van der Waals surface area contributed by atoms with Gasteiger partial charge in [-0.15, -0.1) is 0 Å². The Morgan fingerprint density at radius 1 is 0.976 bits per heavy atom. The number of nitrogens with zero attached hydrogens (tertiary/aromatic N) is 2. The maximum atomic E-state index is 14.7. The van der Waals surface area contributed by atoms with Crippen molar-refractivity contribution >= 4 is 50.7 Å². The van der Waals surface area contributed by atoms with Gasteiger partial charge in [0, 0.05) is 42.6 Å². The minimum atomic E-state index is -3.76. The number of amides is 2.